The first-order valence-electron chi connectivity index (χ1n) is 8.18. The number of nitrogens with zero attached hydrogens (tertiary/aromatic N) is 3. The van der Waals surface area contributed by atoms with E-state index in [-0.39, 0.29) is 12.5 Å². The minimum Gasteiger partial charge on any atom is -0.484 e. The van der Waals surface area contributed by atoms with Crippen LogP contribution in [0, 0.1) is 0 Å². The summed E-state index contributed by atoms with van der Waals surface area (Å²) in [5.74, 6) is 0.424. The van der Waals surface area contributed by atoms with Crippen LogP contribution in [0.3, 0.4) is 0 Å². The molecule has 0 atom stereocenters. The molecular formula is C20H16N4O2. The van der Waals surface area contributed by atoms with Crippen molar-refractivity contribution in [3.63, 3.8) is 0 Å². The smallest absolute Gasteiger partial charge is 0.262 e. The fourth-order valence-corrected chi connectivity index (χ4v) is 2.53. The van der Waals surface area contributed by atoms with Crippen LogP contribution in [0.5, 0.6) is 5.75 Å². The van der Waals surface area contributed by atoms with E-state index in [1.807, 2.05) is 54.6 Å². The molecule has 0 spiro atoms. The summed E-state index contributed by atoms with van der Waals surface area (Å²) in [5.41, 5.74) is 2.99. The third-order valence-corrected chi connectivity index (χ3v) is 3.76. The van der Waals surface area contributed by atoms with Gasteiger partial charge in [0.15, 0.2) is 6.61 Å². The van der Waals surface area contributed by atoms with Crippen LogP contribution < -0.4 is 10.1 Å². The molecule has 26 heavy (non-hydrogen) atoms. The Hall–Kier alpha value is -3.67. The van der Waals surface area contributed by atoms with Crippen LogP contribution in [0.15, 0.2) is 78.9 Å². The maximum absolute atomic E-state index is 12.1. The number of fused-ring (bicyclic) bond motifs is 1. The average Bonchev–Trinajstić information content (AvgIpc) is 3.11. The molecule has 0 saturated carbocycles. The van der Waals surface area contributed by atoms with Crippen molar-refractivity contribution >= 4 is 22.6 Å². The molecule has 4 rings (SSSR count). The van der Waals surface area contributed by atoms with E-state index in [4.69, 9.17) is 4.74 Å². The predicted octanol–water partition coefficient (Wildman–Crippen LogP) is 3.44. The number of rotatable bonds is 5. The molecule has 1 amide bonds. The highest BCUT2D eigenvalue weighted by Crippen LogP contribution is 2.17. The van der Waals surface area contributed by atoms with Crippen LogP contribution in [0.4, 0.5) is 5.69 Å². The fraction of sp³-hybridized carbons (Fsp3) is 0.0500. The van der Waals surface area contributed by atoms with Crippen molar-refractivity contribution in [2.24, 2.45) is 0 Å². The van der Waals surface area contributed by atoms with Crippen molar-refractivity contribution in [2.75, 3.05) is 11.9 Å². The second kappa shape index (κ2) is 7.06. The largest absolute Gasteiger partial charge is 0.484 e. The number of para-hydroxylation sites is 2. The molecule has 1 aromatic heterocycles. The number of hydrogen-bond acceptors (Lipinski definition) is 4. The van der Waals surface area contributed by atoms with Gasteiger partial charge in [-0.05, 0) is 42.5 Å². The number of anilines is 1. The van der Waals surface area contributed by atoms with Gasteiger partial charge < -0.3 is 10.1 Å². The first-order valence-corrected chi connectivity index (χ1v) is 8.18. The zero-order valence-corrected chi connectivity index (χ0v) is 13.9. The molecule has 1 N–H and O–H groups in total. The van der Waals surface area contributed by atoms with Gasteiger partial charge in [0.25, 0.3) is 5.91 Å². The summed E-state index contributed by atoms with van der Waals surface area (Å²) in [5, 5.41) is 11.7. The second-order valence-electron chi connectivity index (χ2n) is 5.68. The molecule has 1 heterocycles. The predicted molar refractivity (Wildman–Crippen MR) is 99.4 cm³/mol. The maximum atomic E-state index is 12.1. The zero-order chi connectivity index (χ0) is 17.8. The lowest BCUT2D eigenvalue weighted by Crippen LogP contribution is -2.20. The molecule has 128 valence electrons. The lowest BCUT2D eigenvalue weighted by molar-refractivity contribution is -0.118. The molecule has 6 heteroatoms. The van der Waals surface area contributed by atoms with E-state index in [0.29, 0.717) is 17.0 Å². The van der Waals surface area contributed by atoms with Crippen molar-refractivity contribution in [3.8, 4) is 11.4 Å². The fourth-order valence-electron chi connectivity index (χ4n) is 2.53. The summed E-state index contributed by atoms with van der Waals surface area (Å²) in [4.78, 5) is 13.6. The van der Waals surface area contributed by atoms with Gasteiger partial charge in [-0.15, -0.1) is 10.2 Å². The van der Waals surface area contributed by atoms with Crippen molar-refractivity contribution in [2.45, 2.75) is 0 Å². The highest BCUT2D eigenvalue weighted by atomic mass is 16.5. The zero-order valence-electron chi connectivity index (χ0n) is 13.9. The van der Waals surface area contributed by atoms with Gasteiger partial charge >= 0.3 is 0 Å². The molecule has 6 nitrogen and oxygen atoms in total. The van der Waals surface area contributed by atoms with Crippen LogP contribution in [0.25, 0.3) is 16.7 Å². The number of amides is 1. The normalized spacial score (nSPS) is 10.6. The molecule has 0 unspecified atom stereocenters. The van der Waals surface area contributed by atoms with Gasteiger partial charge in [-0.2, -0.15) is 4.80 Å². The number of aromatic nitrogens is 3. The van der Waals surface area contributed by atoms with E-state index < -0.39 is 0 Å². The Morgan fingerprint density at radius 3 is 2.35 bits per heavy atom. The number of ether oxygens (including phenoxy) is 1. The number of carbonyl (C=O) groups is 1. The van der Waals surface area contributed by atoms with E-state index in [2.05, 4.69) is 15.5 Å². The average molecular weight is 344 g/mol. The molecule has 0 aliphatic rings. The Kier molecular flexibility index (Phi) is 4.30. The van der Waals surface area contributed by atoms with E-state index >= 15 is 0 Å². The van der Waals surface area contributed by atoms with E-state index in [0.717, 1.165) is 11.2 Å². The Bertz CT molecular complexity index is 1030. The second-order valence-corrected chi connectivity index (χ2v) is 5.68. The molecule has 0 fully saturated rings. The van der Waals surface area contributed by atoms with Gasteiger partial charge in [0.2, 0.25) is 0 Å². The first-order chi connectivity index (χ1) is 12.8. The number of hydrogen-bond donors (Lipinski definition) is 1. The third kappa shape index (κ3) is 3.54. The van der Waals surface area contributed by atoms with Crippen LogP contribution in [-0.4, -0.2) is 27.5 Å². The van der Waals surface area contributed by atoms with Crippen molar-refractivity contribution in [1.29, 1.82) is 0 Å². The van der Waals surface area contributed by atoms with E-state index in [1.54, 1.807) is 29.1 Å². The SMILES string of the molecule is O=C(COc1ccccc1)Nc1ccc2nn(-c3ccccc3)nc2c1. The highest BCUT2D eigenvalue weighted by molar-refractivity contribution is 5.93. The maximum Gasteiger partial charge on any atom is 0.262 e. The van der Waals surface area contributed by atoms with Crippen molar-refractivity contribution in [1.82, 2.24) is 15.0 Å². The molecule has 0 radical (unpaired) electrons. The van der Waals surface area contributed by atoms with Crippen LogP contribution >= 0.6 is 0 Å². The quantitative estimate of drug-likeness (QED) is 0.602. The topological polar surface area (TPSA) is 69.0 Å². The monoisotopic (exact) mass is 344 g/mol. The summed E-state index contributed by atoms with van der Waals surface area (Å²) < 4.78 is 5.45. The molecule has 0 saturated heterocycles. The molecule has 4 aromatic rings. The summed E-state index contributed by atoms with van der Waals surface area (Å²) in [6.07, 6.45) is 0. The Balaban J connectivity index is 1.46. The summed E-state index contributed by atoms with van der Waals surface area (Å²) >= 11 is 0. The number of benzene rings is 3. The van der Waals surface area contributed by atoms with E-state index in [9.17, 15) is 4.79 Å². The molecular weight excluding hydrogens is 328 g/mol. The lowest BCUT2D eigenvalue weighted by atomic mass is 10.3. The molecule has 0 aliphatic heterocycles. The van der Waals surface area contributed by atoms with Crippen molar-refractivity contribution < 1.29 is 9.53 Å². The van der Waals surface area contributed by atoms with Gasteiger partial charge in [-0.1, -0.05) is 36.4 Å². The Morgan fingerprint density at radius 2 is 1.58 bits per heavy atom. The van der Waals surface area contributed by atoms with Gasteiger partial charge in [-0.3, -0.25) is 4.79 Å². The van der Waals surface area contributed by atoms with Gasteiger partial charge in [0, 0.05) is 5.69 Å². The lowest BCUT2D eigenvalue weighted by Gasteiger charge is -2.07. The minimum absolute atomic E-state index is 0.0568. The summed E-state index contributed by atoms with van der Waals surface area (Å²) in [6.45, 7) is -0.0568. The number of nitrogens with one attached hydrogen (secondary N) is 1. The van der Waals surface area contributed by atoms with Crippen LogP contribution in [0.1, 0.15) is 0 Å². The Morgan fingerprint density at radius 1 is 0.885 bits per heavy atom. The van der Waals surface area contributed by atoms with Crippen LogP contribution in [-0.2, 0) is 4.79 Å². The molecule has 0 aliphatic carbocycles. The van der Waals surface area contributed by atoms with Crippen LogP contribution in [0.2, 0.25) is 0 Å². The molecule has 3 aromatic carbocycles. The third-order valence-electron chi connectivity index (χ3n) is 3.76. The van der Waals surface area contributed by atoms with Gasteiger partial charge in [-0.25, -0.2) is 0 Å². The van der Waals surface area contributed by atoms with Gasteiger partial charge in [0.05, 0.1) is 5.69 Å². The summed E-state index contributed by atoms with van der Waals surface area (Å²) in [6, 6.07) is 24.3. The first kappa shape index (κ1) is 15.8. The summed E-state index contributed by atoms with van der Waals surface area (Å²) in [7, 11) is 0. The number of carbonyl (C=O) groups excluding carboxylic acids is 1. The molecule has 0 bridgehead atoms. The highest BCUT2D eigenvalue weighted by Gasteiger charge is 2.08. The van der Waals surface area contributed by atoms with Crippen molar-refractivity contribution in [3.05, 3.63) is 78.9 Å². The standard InChI is InChI=1S/C20H16N4O2/c25-20(14-26-17-9-5-2-6-10-17)21-15-11-12-18-19(13-15)23-24(22-18)16-7-3-1-4-8-16/h1-13H,14H2,(H,21,25). The Labute approximate surface area is 150 Å². The van der Waals surface area contributed by atoms with E-state index in [1.165, 1.54) is 0 Å². The van der Waals surface area contributed by atoms with Gasteiger partial charge in [0.1, 0.15) is 16.8 Å². The minimum atomic E-state index is -0.233.